The number of rotatable bonds is 37. The summed E-state index contributed by atoms with van der Waals surface area (Å²) in [5.41, 5.74) is -0.351. The number of benzene rings is 2. The van der Waals surface area contributed by atoms with Gasteiger partial charge in [0.05, 0.1) is 6.10 Å². The topological polar surface area (TPSA) is 54.0 Å². The van der Waals surface area contributed by atoms with Gasteiger partial charge in [0.1, 0.15) is 6.10 Å². The molecule has 0 N–H and O–H groups in total. The maximum atomic E-state index is 15.5. The molecule has 1 heterocycles. The lowest BCUT2D eigenvalue weighted by Gasteiger charge is -2.47. The lowest BCUT2D eigenvalue weighted by Crippen LogP contribution is -2.67. The van der Waals surface area contributed by atoms with Gasteiger partial charge in [-0.1, -0.05) is 241 Å². The van der Waals surface area contributed by atoms with E-state index in [1.807, 2.05) is 39.8 Å². The molecule has 0 fully saturated rings. The third kappa shape index (κ3) is 18.9. The summed E-state index contributed by atoms with van der Waals surface area (Å²) in [4.78, 5) is 12.7. The van der Waals surface area contributed by atoms with Gasteiger partial charge in [0.25, 0.3) is 8.32 Å². The zero-order valence-electron chi connectivity index (χ0n) is 50.0. The van der Waals surface area contributed by atoms with Crippen molar-refractivity contribution in [3.8, 4) is 0 Å². The predicted octanol–water partition coefficient (Wildman–Crippen LogP) is 19.4. The van der Waals surface area contributed by atoms with Crippen molar-refractivity contribution in [2.75, 3.05) is 0 Å². The average molecular weight is 1150 g/mol. The zero-order valence-corrected chi connectivity index (χ0v) is 53.0. The second-order valence-electron chi connectivity index (χ2n) is 25.2. The van der Waals surface area contributed by atoms with Gasteiger partial charge in [-0.2, -0.15) is 30.7 Å². The molecule has 0 radical (unpaired) electrons. The van der Waals surface area contributed by atoms with Gasteiger partial charge in [-0.25, -0.2) is 4.79 Å². The van der Waals surface area contributed by atoms with Crippen LogP contribution in [0.2, 0.25) is 38.8 Å². The van der Waals surface area contributed by atoms with Gasteiger partial charge in [0, 0.05) is 37.5 Å². The van der Waals surface area contributed by atoms with Crippen molar-refractivity contribution in [2.24, 2.45) is 0 Å². The fourth-order valence-electron chi connectivity index (χ4n) is 12.8. The Bertz CT molecular complexity index is 1920. The maximum Gasteiger partial charge on any atom is 0.459 e. The SMILES string of the molecule is CCCCCCCCCCCCCC[C@H](CC[C@H](C[C@@H](C[C@H]1CC=CC(=O)O1)O[Si](C(C)C)(C(C)C)C(C)C)O[Si](CCC(F)(F)C(F)(F)C(F)(F)F)(C(C)C)C(C)C)O[Si](c1ccccc1)(c1ccccc1)C(C)(C)C. The van der Waals surface area contributed by atoms with Gasteiger partial charge in [0.15, 0.2) is 8.32 Å². The number of esters is 1. The second kappa shape index (κ2) is 31.2. The van der Waals surface area contributed by atoms with E-state index in [2.05, 4.69) is 118 Å². The molecular weight excluding hydrogens is 1040 g/mol. The summed E-state index contributed by atoms with van der Waals surface area (Å²) >= 11 is 0. The van der Waals surface area contributed by atoms with E-state index in [9.17, 15) is 26.7 Å². The second-order valence-corrected chi connectivity index (χ2v) is 39.8. The van der Waals surface area contributed by atoms with Gasteiger partial charge < -0.3 is 18.0 Å². The molecule has 3 rings (SSSR count). The van der Waals surface area contributed by atoms with Crippen LogP contribution in [0.1, 0.15) is 219 Å². The molecule has 1 aliphatic rings. The Labute approximate surface area is 465 Å². The lowest BCUT2D eigenvalue weighted by molar-refractivity contribution is -0.354. The quantitative estimate of drug-likeness (QED) is 0.0292. The molecule has 77 heavy (non-hydrogen) atoms. The molecule has 0 bridgehead atoms. The summed E-state index contributed by atoms with van der Waals surface area (Å²) in [5.74, 6) is -12.0. The minimum atomic E-state index is -6.44. The van der Waals surface area contributed by atoms with E-state index in [1.54, 1.807) is 6.08 Å². The number of hydrogen-bond acceptors (Lipinski definition) is 5. The third-order valence-electron chi connectivity index (χ3n) is 17.0. The van der Waals surface area contributed by atoms with Gasteiger partial charge in [-0.05, 0) is 74.8 Å². The van der Waals surface area contributed by atoms with Crippen LogP contribution in [0, 0.1) is 0 Å². The Morgan fingerprint density at radius 2 is 1.03 bits per heavy atom. The summed E-state index contributed by atoms with van der Waals surface area (Å²) < 4.78 is 130. The smallest absolute Gasteiger partial charge is 0.459 e. The molecule has 0 amide bonds. The lowest BCUT2D eigenvalue weighted by atomic mass is 9.98. The summed E-state index contributed by atoms with van der Waals surface area (Å²) in [6.45, 7) is 29.4. The number of unbranched alkanes of at least 4 members (excludes halogenated alkanes) is 11. The first-order valence-electron chi connectivity index (χ1n) is 29.8. The van der Waals surface area contributed by atoms with E-state index in [0.29, 0.717) is 25.7 Å². The molecule has 5 nitrogen and oxygen atoms in total. The van der Waals surface area contributed by atoms with Crippen LogP contribution in [0.25, 0.3) is 0 Å². The normalized spacial score (nSPS) is 16.8. The number of cyclic esters (lactones) is 1. The first-order valence-corrected chi connectivity index (χ1v) is 36.1. The Hall–Kier alpha value is -2.31. The van der Waals surface area contributed by atoms with Crippen LogP contribution in [0.4, 0.5) is 30.7 Å². The summed E-state index contributed by atoms with van der Waals surface area (Å²) in [6.07, 6.45) is 10.2. The van der Waals surface area contributed by atoms with Crippen molar-refractivity contribution in [3.63, 3.8) is 0 Å². The van der Waals surface area contributed by atoms with Gasteiger partial charge in [-0.3, -0.25) is 0 Å². The van der Waals surface area contributed by atoms with Gasteiger partial charge in [-0.15, -0.1) is 0 Å². The number of carbonyl (C=O) groups excluding carboxylic acids is 1. The highest BCUT2D eigenvalue weighted by Crippen LogP contribution is 2.52. The molecule has 0 spiro atoms. The number of ether oxygens (including phenoxy) is 1. The zero-order chi connectivity index (χ0) is 57.9. The van der Waals surface area contributed by atoms with E-state index in [4.69, 9.17) is 18.0 Å². The number of carbonyl (C=O) groups is 1. The van der Waals surface area contributed by atoms with Crippen molar-refractivity contribution in [2.45, 2.75) is 300 Å². The summed E-state index contributed by atoms with van der Waals surface area (Å²) in [6, 6.07) is 20.3. The van der Waals surface area contributed by atoms with Crippen LogP contribution in [-0.4, -0.2) is 73.4 Å². The van der Waals surface area contributed by atoms with Crippen LogP contribution in [0.5, 0.6) is 0 Å². The number of halogens is 7. The average Bonchev–Trinajstić information content (AvgIpc) is 3.34. The molecule has 442 valence electrons. The van der Waals surface area contributed by atoms with Crippen molar-refractivity contribution >= 4 is 41.3 Å². The van der Waals surface area contributed by atoms with Crippen LogP contribution >= 0.6 is 0 Å². The Balaban J connectivity index is 2.24. The molecular formula is C62H103F7O5Si3. The predicted molar refractivity (Wildman–Crippen MR) is 312 cm³/mol. The molecule has 15 heteroatoms. The highest BCUT2D eigenvalue weighted by Gasteiger charge is 2.73. The maximum absolute atomic E-state index is 15.5. The van der Waals surface area contributed by atoms with Crippen molar-refractivity contribution < 1.29 is 53.5 Å². The molecule has 2 aromatic rings. The number of alkyl halides is 7. The molecule has 0 unspecified atom stereocenters. The Morgan fingerprint density at radius 3 is 1.44 bits per heavy atom. The van der Waals surface area contributed by atoms with E-state index in [-0.39, 0.29) is 34.2 Å². The fourth-order valence-corrected chi connectivity index (χ4v) is 27.8. The van der Waals surface area contributed by atoms with Gasteiger partial charge in [0.2, 0.25) is 8.32 Å². The molecule has 2 aromatic carbocycles. The Morgan fingerprint density at radius 1 is 0.571 bits per heavy atom. The molecule has 1 aliphatic heterocycles. The van der Waals surface area contributed by atoms with Crippen LogP contribution in [0.15, 0.2) is 72.8 Å². The first-order chi connectivity index (χ1) is 35.9. The van der Waals surface area contributed by atoms with Crippen LogP contribution in [0.3, 0.4) is 0 Å². The van der Waals surface area contributed by atoms with Gasteiger partial charge >= 0.3 is 24.0 Å². The summed E-state index contributed by atoms with van der Waals surface area (Å²) in [7, 11) is -9.48. The highest BCUT2D eigenvalue weighted by atomic mass is 28.4. The number of hydrogen-bond donors (Lipinski definition) is 0. The largest absolute Gasteiger partial charge is 0.459 e. The Kier molecular flexibility index (Phi) is 28.0. The highest BCUT2D eigenvalue weighted by molar-refractivity contribution is 6.99. The van der Waals surface area contributed by atoms with Crippen LogP contribution in [-0.2, 0) is 22.8 Å². The molecule has 4 atom stereocenters. The monoisotopic (exact) mass is 1140 g/mol. The summed E-state index contributed by atoms with van der Waals surface area (Å²) in [5, 5.41) is 1.93. The molecule has 0 aliphatic carbocycles. The minimum Gasteiger partial charge on any atom is -0.459 e. The van der Waals surface area contributed by atoms with E-state index in [1.165, 1.54) is 57.4 Å². The van der Waals surface area contributed by atoms with Crippen molar-refractivity contribution in [1.82, 2.24) is 0 Å². The fraction of sp³-hybridized carbons (Fsp3) is 0.758. The van der Waals surface area contributed by atoms with Crippen LogP contribution < -0.4 is 10.4 Å². The van der Waals surface area contributed by atoms with E-state index >= 15 is 8.78 Å². The third-order valence-corrected chi connectivity index (χ3v) is 34.0. The van der Waals surface area contributed by atoms with Crippen molar-refractivity contribution in [3.05, 3.63) is 72.8 Å². The molecule has 0 aromatic heterocycles. The first kappa shape index (κ1) is 69.0. The van der Waals surface area contributed by atoms with E-state index in [0.717, 1.165) is 42.5 Å². The molecule has 0 saturated heterocycles. The minimum absolute atomic E-state index is 0.176. The van der Waals surface area contributed by atoms with E-state index < -0.39 is 90.8 Å². The van der Waals surface area contributed by atoms with Crippen molar-refractivity contribution in [1.29, 1.82) is 0 Å². The standard InChI is InChI=1S/C62H103F7O5Si3/c1-15-16-17-18-19-20-21-22-23-24-25-28-34-52(74-77(59(12,13)14,56-36-29-26-30-37-56)57-38-31-27-32-39-57)41-42-54(72-75(47(2)3,48(4)5)44-43-60(63,64)61(65,66)62(67,68)69)46-55(45-53-35-33-40-58(70)71-53)73-76(49(6)7,50(8)9)51(10)11/h26-27,29-33,36-40,47-55H,15-25,28,34-35,41-46H2,1-14H3/t52-,53-,54-,55-/m1/s1. The molecule has 0 saturated carbocycles.